The van der Waals surface area contributed by atoms with Gasteiger partial charge < -0.3 is 24.6 Å². The van der Waals surface area contributed by atoms with Crippen molar-refractivity contribution in [3.8, 4) is 5.75 Å². The maximum absolute atomic E-state index is 12.8. The van der Waals surface area contributed by atoms with Crippen molar-refractivity contribution in [3.63, 3.8) is 0 Å². The molecule has 26 heavy (non-hydrogen) atoms. The fraction of sp³-hybridized carbons (Fsp3) is 0.375. The molecule has 1 heterocycles. The number of halogens is 3. The first kappa shape index (κ1) is 19.6. The molecule has 142 valence electrons. The molecule has 0 amide bonds. The van der Waals surface area contributed by atoms with Crippen LogP contribution in [0.2, 0.25) is 0 Å². The molecule has 0 fully saturated rings. The summed E-state index contributed by atoms with van der Waals surface area (Å²) in [5, 5.41) is 12.6. The first-order chi connectivity index (χ1) is 12.2. The topological polar surface area (TPSA) is 94.1 Å². The fourth-order valence-corrected chi connectivity index (χ4v) is 2.31. The molecule has 1 aromatic rings. The molecular formula is C16H16F3NO6. The van der Waals surface area contributed by atoms with Gasteiger partial charge in [0.05, 0.1) is 26.4 Å². The summed E-state index contributed by atoms with van der Waals surface area (Å²) < 4.78 is 52.2. The summed E-state index contributed by atoms with van der Waals surface area (Å²) >= 11 is 0. The molecule has 1 aliphatic heterocycles. The smallest absolute Gasteiger partial charge is 0.425 e. The molecule has 2 N–H and O–H groups in total. The van der Waals surface area contributed by atoms with E-state index in [4.69, 9.17) is 4.74 Å². The molecule has 0 aromatic heterocycles. The Bertz CT molecular complexity index is 731. The number of fused-ring (bicyclic) bond motifs is 1. The number of anilines is 1. The molecule has 10 heteroatoms. The summed E-state index contributed by atoms with van der Waals surface area (Å²) in [6, 6.07) is 3.88. The zero-order valence-corrected chi connectivity index (χ0v) is 13.8. The first-order valence-corrected chi connectivity index (χ1v) is 7.36. The Hall–Kier alpha value is -2.75. The lowest BCUT2D eigenvalue weighted by atomic mass is 9.98. The van der Waals surface area contributed by atoms with Crippen molar-refractivity contribution in [2.75, 3.05) is 19.5 Å². The quantitative estimate of drug-likeness (QED) is 0.615. The monoisotopic (exact) mass is 375 g/mol. The molecule has 0 bridgehead atoms. The molecular weight excluding hydrogens is 359 g/mol. The Morgan fingerprint density at radius 3 is 2.58 bits per heavy atom. The maximum Gasteiger partial charge on any atom is 0.425 e. The van der Waals surface area contributed by atoms with Gasteiger partial charge in [-0.2, -0.15) is 13.2 Å². The van der Waals surface area contributed by atoms with Crippen LogP contribution in [0.15, 0.2) is 30.0 Å². The number of esters is 2. The average molecular weight is 375 g/mol. The van der Waals surface area contributed by atoms with Crippen molar-refractivity contribution in [2.24, 2.45) is 0 Å². The highest BCUT2D eigenvalue weighted by atomic mass is 19.4. The third-order valence-electron chi connectivity index (χ3n) is 3.59. The van der Waals surface area contributed by atoms with Crippen molar-refractivity contribution >= 4 is 17.6 Å². The van der Waals surface area contributed by atoms with Gasteiger partial charge in [0.2, 0.25) is 0 Å². The summed E-state index contributed by atoms with van der Waals surface area (Å²) in [5.74, 6) is -1.79. The minimum Gasteiger partial charge on any atom is -0.480 e. The van der Waals surface area contributed by atoms with Crippen molar-refractivity contribution in [3.05, 3.63) is 35.5 Å². The van der Waals surface area contributed by atoms with Gasteiger partial charge in [-0.15, -0.1) is 0 Å². The Morgan fingerprint density at radius 1 is 1.31 bits per heavy atom. The van der Waals surface area contributed by atoms with Crippen LogP contribution in [0.25, 0.3) is 0 Å². The van der Waals surface area contributed by atoms with E-state index in [0.717, 1.165) is 20.3 Å². The molecule has 0 aliphatic carbocycles. The molecule has 0 saturated heterocycles. The van der Waals surface area contributed by atoms with Crippen LogP contribution >= 0.6 is 0 Å². The SMILES string of the molecule is COC(=O)/C=C(/Nc1ccc2c(c1)C(O)CC(C(F)(F)F)O2)C(=O)OC. The van der Waals surface area contributed by atoms with Crippen molar-refractivity contribution < 1.29 is 42.1 Å². The van der Waals surface area contributed by atoms with E-state index < -0.39 is 36.7 Å². The summed E-state index contributed by atoms with van der Waals surface area (Å²) in [4.78, 5) is 23.0. The lowest BCUT2D eigenvalue weighted by Crippen LogP contribution is -2.38. The Kier molecular flexibility index (Phi) is 5.76. The third kappa shape index (κ3) is 4.45. The van der Waals surface area contributed by atoms with E-state index in [0.29, 0.717) is 0 Å². The van der Waals surface area contributed by atoms with Crippen molar-refractivity contribution in [2.45, 2.75) is 24.8 Å². The van der Waals surface area contributed by atoms with E-state index >= 15 is 0 Å². The molecule has 0 spiro atoms. The average Bonchev–Trinajstić information content (AvgIpc) is 2.59. The van der Waals surface area contributed by atoms with Crippen molar-refractivity contribution in [1.29, 1.82) is 0 Å². The van der Waals surface area contributed by atoms with E-state index in [-0.39, 0.29) is 22.7 Å². The Balaban J connectivity index is 2.28. The van der Waals surface area contributed by atoms with E-state index in [9.17, 15) is 27.9 Å². The lowest BCUT2D eigenvalue weighted by molar-refractivity contribution is -0.207. The van der Waals surface area contributed by atoms with Crippen LogP contribution in [-0.2, 0) is 19.1 Å². The molecule has 2 unspecified atom stereocenters. The van der Waals surface area contributed by atoms with Gasteiger partial charge in [-0.1, -0.05) is 0 Å². The summed E-state index contributed by atoms with van der Waals surface area (Å²) in [6.07, 6.45) is -7.90. The van der Waals surface area contributed by atoms with Crippen LogP contribution in [-0.4, -0.2) is 43.5 Å². The Morgan fingerprint density at radius 2 is 2.00 bits per heavy atom. The standard InChI is InChI=1S/C16H16F3NO6/c1-24-14(22)6-10(15(23)25-2)20-8-3-4-12-9(5-8)11(21)7-13(26-12)16(17,18)19/h3-6,11,13,20-21H,7H2,1-2H3/b10-6+. The number of benzene rings is 1. The van der Waals surface area contributed by atoms with Gasteiger partial charge in [-0.05, 0) is 18.2 Å². The third-order valence-corrected chi connectivity index (χ3v) is 3.59. The number of aliphatic hydroxyl groups excluding tert-OH is 1. The minimum absolute atomic E-state index is 0.117. The van der Waals surface area contributed by atoms with Gasteiger partial charge in [0.15, 0.2) is 6.10 Å². The highest BCUT2D eigenvalue weighted by Crippen LogP contribution is 2.41. The molecule has 1 aliphatic rings. The van der Waals surface area contributed by atoms with E-state index in [1.54, 1.807) is 0 Å². The number of alkyl halides is 3. The molecule has 2 rings (SSSR count). The van der Waals surface area contributed by atoms with Crippen LogP contribution in [0.5, 0.6) is 5.75 Å². The van der Waals surface area contributed by atoms with Crippen LogP contribution in [0.1, 0.15) is 18.1 Å². The number of carbonyl (C=O) groups is 2. The van der Waals surface area contributed by atoms with Crippen LogP contribution in [0, 0.1) is 0 Å². The second kappa shape index (κ2) is 7.65. The molecule has 0 radical (unpaired) electrons. The van der Waals surface area contributed by atoms with Gasteiger partial charge >= 0.3 is 18.1 Å². The van der Waals surface area contributed by atoms with E-state index in [1.165, 1.54) is 18.2 Å². The summed E-state index contributed by atoms with van der Waals surface area (Å²) in [6.45, 7) is 0. The predicted octanol–water partition coefficient (Wildman–Crippen LogP) is 2.08. The van der Waals surface area contributed by atoms with Crippen LogP contribution in [0.4, 0.5) is 18.9 Å². The molecule has 2 atom stereocenters. The maximum atomic E-state index is 12.8. The van der Waals surface area contributed by atoms with Gasteiger partial charge in [-0.3, -0.25) is 0 Å². The number of hydrogen-bond acceptors (Lipinski definition) is 7. The largest absolute Gasteiger partial charge is 0.480 e. The van der Waals surface area contributed by atoms with Crippen LogP contribution in [0.3, 0.4) is 0 Å². The highest BCUT2D eigenvalue weighted by Gasteiger charge is 2.45. The number of hydrogen-bond donors (Lipinski definition) is 2. The van der Waals surface area contributed by atoms with Crippen molar-refractivity contribution in [1.82, 2.24) is 0 Å². The number of carbonyl (C=O) groups excluding carboxylic acids is 2. The van der Waals surface area contributed by atoms with Gasteiger partial charge in [0.1, 0.15) is 11.4 Å². The van der Waals surface area contributed by atoms with Gasteiger partial charge in [0, 0.05) is 17.7 Å². The summed E-state index contributed by atoms with van der Waals surface area (Å²) in [5.41, 5.74) is 0.105. The number of rotatable bonds is 4. The zero-order valence-electron chi connectivity index (χ0n) is 13.8. The second-order valence-corrected chi connectivity index (χ2v) is 5.35. The number of aliphatic hydroxyl groups is 1. The number of nitrogens with one attached hydrogen (secondary N) is 1. The molecule has 7 nitrogen and oxygen atoms in total. The molecule has 0 saturated carbocycles. The zero-order chi connectivity index (χ0) is 19.5. The Labute approximate surface area is 146 Å². The fourth-order valence-electron chi connectivity index (χ4n) is 2.31. The van der Waals surface area contributed by atoms with E-state index in [2.05, 4.69) is 14.8 Å². The number of ether oxygens (including phenoxy) is 3. The second-order valence-electron chi connectivity index (χ2n) is 5.35. The van der Waals surface area contributed by atoms with Gasteiger partial charge in [0.25, 0.3) is 0 Å². The first-order valence-electron chi connectivity index (χ1n) is 7.36. The minimum atomic E-state index is -4.60. The van der Waals surface area contributed by atoms with E-state index in [1.807, 2.05) is 0 Å². The highest BCUT2D eigenvalue weighted by molar-refractivity contribution is 5.98. The predicted molar refractivity (Wildman–Crippen MR) is 82.2 cm³/mol. The van der Waals surface area contributed by atoms with Crippen LogP contribution < -0.4 is 10.1 Å². The van der Waals surface area contributed by atoms with Gasteiger partial charge in [-0.25, -0.2) is 9.59 Å². The lowest BCUT2D eigenvalue weighted by Gasteiger charge is -2.31. The molecule has 1 aromatic carbocycles. The number of methoxy groups -OCH3 is 2. The normalized spacial score (nSPS) is 19.8. The summed E-state index contributed by atoms with van der Waals surface area (Å²) in [7, 11) is 2.23.